The van der Waals surface area contributed by atoms with Gasteiger partial charge in [-0.2, -0.15) is 0 Å². The molecule has 0 aromatic rings. The average molecular weight is 211 g/mol. The van der Waals surface area contributed by atoms with Gasteiger partial charge in [0.15, 0.2) is 0 Å². The molecule has 0 aliphatic heterocycles. The summed E-state index contributed by atoms with van der Waals surface area (Å²) in [7, 11) is 0. The lowest BCUT2D eigenvalue weighted by Crippen LogP contribution is -2.33. The maximum Gasteiger partial charge on any atom is 0.306 e. The Morgan fingerprint density at radius 3 is 2.73 bits per heavy atom. The molecule has 1 saturated carbocycles. The molecule has 0 saturated heterocycles. The monoisotopic (exact) mass is 211 g/mol. The SMILES string of the molecule is C=CCCC(=O)N[C@H]1CCC(C(=O)O)C1. The molecule has 0 heterocycles. The first-order valence-corrected chi connectivity index (χ1v) is 5.26. The second-order valence-corrected chi connectivity index (χ2v) is 3.94. The summed E-state index contributed by atoms with van der Waals surface area (Å²) in [6, 6.07) is 0.0448. The van der Waals surface area contributed by atoms with E-state index in [1.165, 1.54) is 0 Å². The van der Waals surface area contributed by atoms with Crippen LogP contribution in [0.3, 0.4) is 0 Å². The van der Waals surface area contributed by atoms with Crippen molar-refractivity contribution in [2.45, 2.75) is 38.1 Å². The number of carboxylic acid groups (broad SMARTS) is 1. The Balaban J connectivity index is 2.26. The highest BCUT2D eigenvalue weighted by atomic mass is 16.4. The summed E-state index contributed by atoms with van der Waals surface area (Å²) in [6.07, 6.45) is 4.82. The van der Waals surface area contributed by atoms with Crippen molar-refractivity contribution < 1.29 is 14.7 Å². The van der Waals surface area contributed by atoms with E-state index < -0.39 is 5.97 Å². The van der Waals surface area contributed by atoms with Crippen LogP contribution in [0.5, 0.6) is 0 Å². The van der Waals surface area contributed by atoms with Crippen molar-refractivity contribution in [2.24, 2.45) is 5.92 Å². The van der Waals surface area contributed by atoms with E-state index >= 15 is 0 Å². The number of hydrogen-bond acceptors (Lipinski definition) is 2. The summed E-state index contributed by atoms with van der Waals surface area (Å²) < 4.78 is 0. The minimum absolute atomic E-state index is 0.00839. The van der Waals surface area contributed by atoms with E-state index in [2.05, 4.69) is 11.9 Å². The van der Waals surface area contributed by atoms with Gasteiger partial charge in [0, 0.05) is 12.5 Å². The molecule has 1 aliphatic carbocycles. The third kappa shape index (κ3) is 3.73. The molecule has 1 aliphatic rings. The first-order valence-electron chi connectivity index (χ1n) is 5.26. The van der Waals surface area contributed by atoms with Gasteiger partial charge < -0.3 is 10.4 Å². The Hall–Kier alpha value is -1.32. The van der Waals surface area contributed by atoms with Gasteiger partial charge in [-0.15, -0.1) is 6.58 Å². The van der Waals surface area contributed by atoms with Crippen molar-refractivity contribution >= 4 is 11.9 Å². The standard InChI is InChI=1S/C11H17NO3/c1-2-3-4-10(13)12-9-6-5-8(7-9)11(14)15/h2,8-9H,1,3-7H2,(H,12,13)(H,14,15)/t8?,9-/m0/s1. The fourth-order valence-electron chi connectivity index (χ4n) is 1.87. The van der Waals surface area contributed by atoms with Gasteiger partial charge >= 0.3 is 5.97 Å². The lowest BCUT2D eigenvalue weighted by Gasteiger charge is -2.11. The van der Waals surface area contributed by atoms with Crippen molar-refractivity contribution in [3.05, 3.63) is 12.7 Å². The number of carboxylic acids is 1. The quantitative estimate of drug-likeness (QED) is 0.674. The fraction of sp³-hybridized carbons (Fsp3) is 0.636. The van der Waals surface area contributed by atoms with E-state index in [9.17, 15) is 9.59 Å². The van der Waals surface area contributed by atoms with E-state index in [-0.39, 0.29) is 17.9 Å². The largest absolute Gasteiger partial charge is 0.481 e. The van der Waals surface area contributed by atoms with Crippen molar-refractivity contribution in [1.82, 2.24) is 5.32 Å². The van der Waals surface area contributed by atoms with Crippen LogP contribution in [0.1, 0.15) is 32.1 Å². The predicted octanol–water partition coefficient (Wildman–Crippen LogP) is 1.32. The molecule has 4 heteroatoms. The molecule has 0 aromatic heterocycles. The predicted molar refractivity (Wildman–Crippen MR) is 56.3 cm³/mol. The highest BCUT2D eigenvalue weighted by molar-refractivity contribution is 5.76. The Labute approximate surface area is 89.4 Å². The number of rotatable bonds is 5. The summed E-state index contributed by atoms with van der Waals surface area (Å²) in [5.41, 5.74) is 0. The Bertz CT molecular complexity index is 263. The van der Waals surface area contributed by atoms with Crippen molar-refractivity contribution in [3.8, 4) is 0 Å². The van der Waals surface area contributed by atoms with Gasteiger partial charge in [0.25, 0.3) is 0 Å². The normalized spacial score (nSPS) is 24.8. The zero-order chi connectivity index (χ0) is 11.3. The second-order valence-electron chi connectivity index (χ2n) is 3.94. The van der Waals surface area contributed by atoms with Crippen LogP contribution in [0.15, 0.2) is 12.7 Å². The smallest absolute Gasteiger partial charge is 0.306 e. The molecule has 0 bridgehead atoms. The molecule has 1 amide bonds. The molecule has 0 spiro atoms. The maximum absolute atomic E-state index is 11.3. The number of hydrogen-bond donors (Lipinski definition) is 2. The van der Waals surface area contributed by atoms with Crippen LogP contribution in [-0.2, 0) is 9.59 Å². The van der Waals surface area contributed by atoms with Crippen molar-refractivity contribution in [2.75, 3.05) is 0 Å². The van der Waals surface area contributed by atoms with Crippen molar-refractivity contribution in [3.63, 3.8) is 0 Å². The molecule has 1 fully saturated rings. The molecule has 1 rings (SSSR count). The number of amides is 1. The minimum atomic E-state index is -0.752. The van der Waals surface area contributed by atoms with Gasteiger partial charge in [-0.25, -0.2) is 0 Å². The summed E-state index contributed by atoms with van der Waals surface area (Å²) in [5.74, 6) is -1.04. The second kappa shape index (κ2) is 5.53. The summed E-state index contributed by atoms with van der Waals surface area (Å²) >= 11 is 0. The first-order chi connectivity index (χ1) is 7.13. The van der Waals surface area contributed by atoms with Gasteiger partial charge in [-0.3, -0.25) is 9.59 Å². The van der Waals surface area contributed by atoms with E-state index in [4.69, 9.17) is 5.11 Å². The molecule has 84 valence electrons. The number of carbonyl (C=O) groups excluding carboxylic acids is 1. The summed E-state index contributed by atoms with van der Waals surface area (Å²) in [6.45, 7) is 3.54. The molecule has 2 atom stereocenters. The summed E-state index contributed by atoms with van der Waals surface area (Å²) in [4.78, 5) is 22.0. The topological polar surface area (TPSA) is 66.4 Å². The number of nitrogens with one attached hydrogen (secondary N) is 1. The molecule has 4 nitrogen and oxygen atoms in total. The van der Waals surface area contributed by atoms with Crippen LogP contribution in [-0.4, -0.2) is 23.0 Å². The highest BCUT2D eigenvalue weighted by Crippen LogP contribution is 2.25. The van der Waals surface area contributed by atoms with E-state index in [0.717, 1.165) is 6.42 Å². The molecule has 2 N–H and O–H groups in total. The summed E-state index contributed by atoms with van der Waals surface area (Å²) in [5, 5.41) is 11.6. The van der Waals surface area contributed by atoms with E-state index in [0.29, 0.717) is 25.7 Å². The minimum Gasteiger partial charge on any atom is -0.481 e. The molecular formula is C11H17NO3. The fourth-order valence-corrected chi connectivity index (χ4v) is 1.87. The molecule has 15 heavy (non-hydrogen) atoms. The van der Waals surface area contributed by atoms with Crippen LogP contribution in [0.25, 0.3) is 0 Å². The van der Waals surface area contributed by atoms with Gasteiger partial charge in [-0.05, 0) is 25.7 Å². The Morgan fingerprint density at radius 1 is 1.47 bits per heavy atom. The Kier molecular flexibility index (Phi) is 4.34. The van der Waals surface area contributed by atoms with Crippen LogP contribution in [0.4, 0.5) is 0 Å². The first kappa shape index (κ1) is 11.8. The molecular weight excluding hydrogens is 194 g/mol. The zero-order valence-corrected chi connectivity index (χ0v) is 8.74. The van der Waals surface area contributed by atoms with Crippen LogP contribution < -0.4 is 5.32 Å². The molecule has 0 aromatic carbocycles. The van der Waals surface area contributed by atoms with E-state index in [1.807, 2.05) is 0 Å². The average Bonchev–Trinajstić information content (AvgIpc) is 2.63. The number of carbonyl (C=O) groups is 2. The van der Waals surface area contributed by atoms with Gasteiger partial charge in [0.2, 0.25) is 5.91 Å². The maximum atomic E-state index is 11.3. The van der Waals surface area contributed by atoms with Crippen molar-refractivity contribution in [1.29, 1.82) is 0 Å². The lowest BCUT2D eigenvalue weighted by atomic mass is 10.1. The van der Waals surface area contributed by atoms with Gasteiger partial charge in [-0.1, -0.05) is 6.08 Å². The molecule has 1 unspecified atom stereocenters. The number of aliphatic carboxylic acids is 1. The molecule has 0 radical (unpaired) electrons. The zero-order valence-electron chi connectivity index (χ0n) is 8.74. The highest BCUT2D eigenvalue weighted by Gasteiger charge is 2.30. The number of allylic oxidation sites excluding steroid dienone is 1. The third-order valence-corrected chi connectivity index (χ3v) is 2.72. The van der Waals surface area contributed by atoms with Crippen LogP contribution in [0.2, 0.25) is 0 Å². The van der Waals surface area contributed by atoms with E-state index in [1.54, 1.807) is 6.08 Å². The lowest BCUT2D eigenvalue weighted by molar-refractivity contribution is -0.141. The Morgan fingerprint density at radius 2 is 2.20 bits per heavy atom. The van der Waals surface area contributed by atoms with Crippen LogP contribution >= 0.6 is 0 Å². The van der Waals surface area contributed by atoms with Gasteiger partial charge in [0.05, 0.1) is 5.92 Å². The van der Waals surface area contributed by atoms with Gasteiger partial charge in [0.1, 0.15) is 0 Å². The van der Waals surface area contributed by atoms with Crippen LogP contribution in [0, 0.1) is 5.92 Å². The third-order valence-electron chi connectivity index (χ3n) is 2.72.